The Morgan fingerprint density at radius 1 is 1.23 bits per heavy atom. The Morgan fingerprint density at radius 3 is 2.84 bits per heavy atom. The molecular weight excluding hydrogens is 476 g/mol. The zero-order chi connectivity index (χ0) is 21.8. The number of ether oxygens (including phenoxy) is 2. The maximum Gasteiger partial charge on any atom is 0.264 e. The molecule has 0 radical (unpaired) electrons. The first-order valence-corrected chi connectivity index (χ1v) is 10.9. The Bertz CT molecular complexity index is 1270. The number of benzene rings is 3. The van der Waals surface area contributed by atoms with E-state index in [0.717, 1.165) is 22.0 Å². The van der Waals surface area contributed by atoms with Crippen LogP contribution in [0.1, 0.15) is 5.56 Å². The molecule has 4 rings (SSSR count). The van der Waals surface area contributed by atoms with Gasteiger partial charge in [-0.15, -0.1) is 6.42 Å². The topological polar surface area (TPSA) is 59.9 Å². The first-order chi connectivity index (χ1) is 15.1. The molecule has 1 aliphatic rings. The molecule has 3 aromatic carbocycles. The van der Waals surface area contributed by atoms with E-state index in [9.17, 15) is 4.79 Å². The molecule has 0 atom stereocenters. The molecule has 0 unspecified atom stereocenters. The summed E-state index contributed by atoms with van der Waals surface area (Å²) < 4.78 is 11.6. The van der Waals surface area contributed by atoms with Crippen LogP contribution in [0.4, 0.5) is 5.69 Å². The second-order valence-electron chi connectivity index (χ2n) is 6.51. The number of methoxy groups -OCH3 is 1. The summed E-state index contributed by atoms with van der Waals surface area (Å²) in [6.45, 7) is 0.127. The van der Waals surface area contributed by atoms with Crippen molar-refractivity contribution in [3.05, 3.63) is 69.5 Å². The van der Waals surface area contributed by atoms with Gasteiger partial charge in [0.15, 0.2) is 16.7 Å². The Morgan fingerprint density at radius 2 is 2.03 bits per heavy atom. The third kappa shape index (κ3) is 4.61. The van der Waals surface area contributed by atoms with E-state index in [1.165, 1.54) is 11.8 Å². The molecule has 1 heterocycles. The molecule has 0 bridgehead atoms. The predicted molar refractivity (Wildman–Crippen MR) is 130 cm³/mol. The van der Waals surface area contributed by atoms with Crippen LogP contribution in [0.3, 0.4) is 0 Å². The molecule has 1 N–H and O–H groups in total. The smallest absolute Gasteiger partial charge is 0.264 e. The van der Waals surface area contributed by atoms with E-state index in [-0.39, 0.29) is 12.5 Å². The number of terminal acetylenes is 1. The minimum Gasteiger partial charge on any atom is -0.493 e. The molecular formula is C24H17BrN2O3S. The maximum atomic E-state index is 12.5. The quantitative estimate of drug-likeness (QED) is 0.376. The molecule has 3 aromatic rings. The average Bonchev–Trinajstić information content (AvgIpc) is 3.11. The van der Waals surface area contributed by atoms with Crippen LogP contribution < -0.4 is 14.8 Å². The molecule has 7 heteroatoms. The van der Waals surface area contributed by atoms with E-state index in [0.29, 0.717) is 26.0 Å². The van der Waals surface area contributed by atoms with Gasteiger partial charge in [0.1, 0.15) is 6.61 Å². The van der Waals surface area contributed by atoms with Gasteiger partial charge in [-0.05, 0) is 62.9 Å². The molecule has 31 heavy (non-hydrogen) atoms. The van der Waals surface area contributed by atoms with Crippen molar-refractivity contribution in [2.24, 2.45) is 4.99 Å². The number of nitrogens with zero attached hydrogens (tertiary/aromatic N) is 1. The number of carbonyl (C=O) groups excluding carboxylic acids is 1. The van der Waals surface area contributed by atoms with E-state index in [2.05, 4.69) is 32.2 Å². The summed E-state index contributed by atoms with van der Waals surface area (Å²) in [4.78, 5) is 17.7. The molecule has 0 aromatic heterocycles. The number of amidine groups is 1. The van der Waals surface area contributed by atoms with Crippen LogP contribution in [0.25, 0.3) is 16.8 Å². The first-order valence-electron chi connectivity index (χ1n) is 9.30. The molecule has 1 fully saturated rings. The number of rotatable bonds is 5. The lowest BCUT2D eigenvalue weighted by molar-refractivity contribution is -0.115. The SMILES string of the molecule is C#CCOc1c(Br)cc(C=C2SC(=Nc3cccc4ccccc34)NC2=O)cc1OC. The summed E-state index contributed by atoms with van der Waals surface area (Å²) in [5, 5.41) is 5.50. The third-order valence-corrected chi connectivity index (χ3v) is 5.99. The van der Waals surface area contributed by atoms with Gasteiger partial charge in [0.25, 0.3) is 5.91 Å². The molecule has 0 spiro atoms. The fraction of sp³-hybridized carbons (Fsp3) is 0.0833. The Kier molecular flexibility index (Phi) is 6.31. The monoisotopic (exact) mass is 492 g/mol. The van der Waals surface area contributed by atoms with Gasteiger partial charge >= 0.3 is 0 Å². The normalized spacial score (nSPS) is 15.8. The van der Waals surface area contributed by atoms with Gasteiger partial charge in [0.2, 0.25) is 0 Å². The molecule has 0 saturated carbocycles. The number of amides is 1. The highest BCUT2D eigenvalue weighted by molar-refractivity contribution is 9.10. The van der Waals surface area contributed by atoms with Crippen LogP contribution in [-0.4, -0.2) is 24.8 Å². The average molecular weight is 493 g/mol. The van der Waals surface area contributed by atoms with Gasteiger partial charge < -0.3 is 14.8 Å². The Hall–Kier alpha value is -3.21. The van der Waals surface area contributed by atoms with Gasteiger partial charge in [-0.25, -0.2) is 4.99 Å². The minimum absolute atomic E-state index is 0.127. The highest BCUT2D eigenvalue weighted by atomic mass is 79.9. The zero-order valence-electron chi connectivity index (χ0n) is 16.5. The number of thioether (sulfide) groups is 1. The number of nitrogens with one attached hydrogen (secondary N) is 1. The van der Waals surface area contributed by atoms with Crippen LogP contribution in [0.5, 0.6) is 11.5 Å². The van der Waals surface area contributed by atoms with Crippen molar-refractivity contribution >= 4 is 61.3 Å². The highest BCUT2D eigenvalue weighted by Crippen LogP contribution is 2.38. The summed E-state index contributed by atoms with van der Waals surface area (Å²) in [7, 11) is 1.55. The van der Waals surface area contributed by atoms with E-state index in [4.69, 9.17) is 15.9 Å². The van der Waals surface area contributed by atoms with Crippen LogP contribution in [0.15, 0.2) is 69.0 Å². The molecule has 1 amide bonds. The molecule has 1 aliphatic heterocycles. The third-order valence-electron chi connectivity index (χ3n) is 4.49. The van der Waals surface area contributed by atoms with Crippen molar-refractivity contribution in [1.29, 1.82) is 0 Å². The second-order valence-corrected chi connectivity index (χ2v) is 8.39. The van der Waals surface area contributed by atoms with Gasteiger partial charge in [0.05, 0.1) is 22.2 Å². The first kappa shape index (κ1) is 21.0. The largest absolute Gasteiger partial charge is 0.493 e. The Balaban J connectivity index is 1.63. The number of fused-ring (bicyclic) bond motifs is 1. The number of aliphatic imine (C=N–C) groups is 1. The molecule has 1 saturated heterocycles. The van der Waals surface area contributed by atoms with Crippen LogP contribution in [-0.2, 0) is 4.79 Å². The Labute approximate surface area is 192 Å². The number of carbonyl (C=O) groups is 1. The van der Waals surface area contributed by atoms with Crippen LogP contribution >= 0.6 is 27.7 Å². The lowest BCUT2D eigenvalue weighted by atomic mass is 10.1. The minimum atomic E-state index is -0.202. The van der Waals surface area contributed by atoms with Crippen molar-refractivity contribution in [3.63, 3.8) is 0 Å². The molecule has 5 nitrogen and oxygen atoms in total. The maximum absolute atomic E-state index is 12.5. The van der Waals surface area contributed by atoms with Crippen molar-refractivity contribution in [2.75, 3.05) is 13.7 Å². The zero-order valence-corrected chi connectivity index (χ0v) is 18.9. The fourth-order valence-electron chi connectivity index (χ4n) is 3.12. The van der Waals surface area contributed by atoms with Crippen LogP contribution in [0.2, 0.25) is 0 Å². The van der Waals surface area contributed by atoms with E-state index < -0.39 is 0 Å². The lowest BCUT2D eigenvalue weighted by Gasteiger charge is -2.12. The van der Waals surface area contributed by atoms with Gasteiger partial charge in [0, 0.05) is 5.39 Å². The standard InChI is InChI=1S/C24H17BrN2O3S/c1-3-11-30-22-18(25)12-15(13-20(22)29-2)14-21-23(28)27-24(31-21)26-19-10-6-8-16-7-4-5-9-17(16)19/h1,4-10,12-14H,11H2,2H3,(H,26,27,28). The van der Waals surface area contributed by atoms with Crippen molar-refractivity contribution in [3.8, 4) is 23.8 Å². The summed E-state index contributed by atoms with van der Waals surface area (Å²) in [6, 6.07) is 17.6. The lowest BCUT2D eigenvalue weighted by Crippen LogP contribution is -2.19. The highest BCUT2D eigenvalue weighted by Gasteiger charge is 2.24. The molecule has 154 valence electrons. The van der Waals surface area contributed by atoms with Crippen molar-refractivity contribution in [2.45, 2.75) is 0 Å². The molecule has 0 aliphatic carbocycles. The second kappa shape index (κ2) is 9.29. The van der Waals surface area contributed by atoms with Crippen molar-refractivity contribution < 1.29 is 14.3 Å². The number of hydrogen-bond donors (Lipinski definition) is 1. The fourth-order valence-corrected chi connectivity index (χ4v) is 4.53. The van der Waals surface area contributed by atoms with Gasteiger partial charge in [-0.2, -0.15) is 0 Å². The van der Waals surface area contributed by atoms with E-state index in [1.807, 2.05) is 48.5 Å². The summed E-state index contributed by atoms with van der Waals surface area (Å²) in [5.74, 6) is 3.26. The van der Waals surface area contributed by atoms with Crippen molar-refractivity contribution in [1.82, 2.24) is 5.32 Å². The predicted octanol–water partition coefficient (Wildman–Crippen LogP) is 5.51. The summed E-state index contributed by atoms with van der Waals surface area (Å²) >= 11 is 4.77. The number of halogens is 1. The van der Waals surface area contributed by atoms with Gasteiger partial charge in [-0.3, -0.25) is 4.79 Å². The summed E-state index contributed by atoms with van der Waals surface area (Å²) in [5.41, 5.74) is 1.59. The van der Waals surface area contributed by atoms with E-state index >= 15 is 0 Å². The summed E-state index contributed by atoms with van der Waals surface area (Å²) in [6.07, 6.45) is 7.05. The van der Waals surface area contributed by atoms with Crippen LogP contribution in [0, 0.1) is 12.3 Å². The van der Waals surface area contributed by atoms with E-state index in [1.54, 1.807) is 19.3 Å². The van der Waals surface area contributed by atoms with Gasteiger partial charge in [-0.1, -0.05) is 42.3 Å². The number of hydrogen-bond acceptors (Lipinski definition) is 5.